The van der Waals surface area contributed by atoms with Crippen molar-refractivity contribution in [2.45, 2.75) is 51.5 Å². The Hall–Kier alpha value is -3.26. The maximum atomic E-state index is 13.2. The number of nitrogens with zero attached hydrogens (tertiary/aromatic N) is 2. The van der Waals surface area contributed by atoms with Crippen LogP contribution >= 0.6 is 0 Å². The predicted molar refractivity (Wildman–Crippen MR) is 136 cm³/mol. The number of carbonyl (C=O) groups excluding carboxylic acids is 4. The first-order valence-electron chi connectivity index (χ1n) is 13.1. The van der Waals surface area contributed by atoms with Crippen LogP contribution in [0.5, 0.6) is 0 Å². The van der Waals surface area contributed by atoms with E-state index in [2.05, 4.69) is 40.7 Å². The van der Waals surface area contributed by atoms with E-state index in [1.54, 1.807) is 18.2 Å². The van der Waals surface area contributed by atoms with Crippen molar-refractivity contribution in [3.05, 3.63) is 53.1 Å². The molecule has 190 valence electrons. The first-order chi connectivity index (χ1) is 17.4. The van der Waals surface area contributed by atoms with E-state index < -0.39 is 23.8 Å². The number of hydrogen-bond acceptors (Lipinski definition) is 6. The molecule has 0 saturated carbocycles. The smallest absolute Gasteiger partial charge is 0.264 e. The zero-order valence-electron chi connectivity index (χ0n) is 20.8. The zero-order chi connectivity index (χ0) is 25.2. The Labute approximate surface area is 211 Å². The summed E-state index contributed by atoms with van der Waals surface area (Å²) in [6, 6.07) is 4.17. The molecule has 2 atom stereocenters. The predicted octanol–water partition coefficient (Wildman–Crippen LogP) is 3.12. The summed E-state index contributed by atoms with van der Waals surface area (Å²) in [7, 11) is 0. The Morgan fingerprint density at radius 3 is 2.56 bits per heavy atom. The van der Waals surface area contributed by atoms with Crippen molar-refractivity contribution in [1.29, 1.82) is 0 Å². The van der Waals surface area contributed by atoms with E-state index in [1.165, 1.54) is 32.4 Å². The highest BCUT2D eigenvalue weighted by atomic mass is 16.2. The molecule has 1 aromatic rings. The SMILES string of the molecule is CCC1CCN(CC2C=CC(CNc3cccc4c3C(=O)N(C3CCC(=O)NC3=O)C4=O)=CC2)CC1. The minimum atomic E-state index is -0.961. The van der Waals surface area contributed by atoms with Crippen LogP contribution in [-0.2, 0) is 9.59 Å². The van der Waals surface area contributed by atoms with E-state index in [9.17, 15) is 19.2 Å². The summed E-state index contributed by atoms with van der Waals surface area (Å²) in [5.74, 6) is -0.555. The molecule has 5 rings (SSSR count). The number of rotatable bonds is 7. The number of piperidine rings is 2. The van der Waals surface area contributed by atoms with Crippen LogP contribution in [0, 0.1) is 11.8 Å². The average Bonchev–Trinajstić information content (AvgIpc) is 3.14. The number of imide groups is 2. The Kier molecular flexibility index (Phi) is 7.05. The average molecular weight is 491 g/mol. The molecular formula is C28H34N4O4. The number of benzene rings is 1. The first-order valence-corrected chi connectivity index (χ1v) is 13.1. The molecule has 0 bridgehead atoms. The van der Waals surface area contributed by atoms with Crippen LogP contribution in [0.2, 0.25) is 0 Å². The lowest BCUT2D eigenvalue weighted by Crippen LogP contribution is -2.54. The Balaban J connectivity index is 1.19. The lowest BCUT2D eigenvalue weighted by atomic mass is 9.92. The molecule has 4 amide bonds. The molecule has 0 aromatic heterocycles. The van der Waals surface area contributed by atoms with E-state index in [1.807, 2.05) is 0 Å². The lowest BCUT2D eigenvalue weighted by Gasteiger charge is -2.33. The van der Waals surface area contributed by atoms with E-state index >= 15 is 0 Å². The number of fused-ring (bicyclic) bond motifs is 1. The second-order valence-electron chi connectivity index (χ2n) is 10.3. The van der Waals surface area contributed by atoms with Gasteiger partial charge in [-0.25, -0.2) is 0 Å². The highest BCUT2D eigenvalue weighted by molar-refractivity contribution is 6.25. The summed E-state index contributed by atoms with van der Waals surface area (Å²) in [6.45, 7) is 6.33. The van der Waals surface area contributed by atoms with Crippen LogP contribution in [-0.4, -0.2) is 65.6 Å². The summed E-state index contributed by atoms with van der Waals surface area (Å²) >= 11 is 0. The van der Waals surface area contributed by atoms with Gasteiger partial charge in [-0.15, -0.1) is 0 Å². The molecular weight excluding hydrogens is 456 g/mol. The summed E-state index contributed by atoms with van der Waals surface area (Å²) in [5.41, 5.74) is 2.30. The van der Waals surface area contributed by atoms with Crippen LogP contribution in [0.15, 0.2) is 42.0 Å². The van der Waals surface area contributed by atoms with Gasteiger partial charge in [-0.1, -0.05) is 37.6 Å². The second kappa shape index (κ2) is 10.4. The van der Waals surface area contributed by atoms with Crippen LogP contribution < -0.4 is 10.6 Å². The van der Waals surface area contributed by atoms with Crippen molar-refractivity contribution >= 4 is 29.3 Å². The van der Waals surface area contributed by atoms with Crippen molar-refractivity contribution < 1.29 is 19.2 Å². The minimum absolute atomic E-state index is 0.105. The van der Waals surface area contributed by atoms with Gasteiger partial charge in [-0.05, 0) is 68.3 Å². The van der Waals surface area contributed by atoms with Crippen LogP contribution in [0.3, 0.4) is 0 Å². The third kappa shape index (κ3) is 4.87. The van der Waals surface area contributed by atoms with Crippen LogP contribution in [0.25, 0.3) is 0 Å². The quantitative estimate of drug-likeness (QED) is 0.570. The molecule has 1 aliphatic carbocycles. The molecule has 8 heteroatoms. The molecule has 8 nitrogen and oxygen atoms in total. The molecule has 3 aliphatic heterocycles. The molecule has 2 unspecified atom stereocenters. The summed E-state index contributed by atoms with van der Waals surface area (Å²) in [4.78, 5) is 53.7. The zero-order valence-corrected chi connectivity index (χ0v) is 20.8. The normalized spacial score (nSPS) is 25.1. The van der Waals surface area contributed by atoms with Crippen LogP contribution in [0.1, 0.15) is 66.2 Å². The Morgan fingerprint density at radius 1 is 1.06 bits per heavy atom. The molecule has 3 heterocycles. The topological polar surface area (TPSA) is 98.8 Å². The molecule has 0 radical (unpaired) electrons. The van der Waals surface area contributed by atoms with E-state index in [0.717, 1.165) is 29.4 Å². The van der Waals surface area contributed by atoms with Crippen molar-refractivity contribution in [3.63, 3.8) is 0 Å². The van der Waals surface area contributed by atoms with Gasteiger partial charge < -0.3 is 10.2 Å². The maximum Gasteiger partial charge on any atom is 0.264 e. The fraction of sp³-hybridized carbons (Fsp3) is 0.500. The molecule has 36 heavy (non-hydrogen) atoms. The third-order valence-electron chi connectivity index (χ3n) is 7.99. The molecule has 1 aromatic carbocycles. The minimum Gasteiger partial charge on any atom is -0.380 e. The Morgan fingerprint density at radius 2 is 1.86 bits per heavy atom. The van der Waals surface area contributed by atoms with E-state index in [-0.39, 0.29) is 24.3 Å². The van der Waals surface area contributed by atoms with Gasteiger partial charge >= 0.3 is 0 Å². The maximum absolute atomic E-state index is 13.2. The molecule has 2 fully saturated rings. The summed E-state index contributed by atoms with van der Waals surface area (Å²) in [6.07, 6.45) is 11.8. The molecule has 2 saturated heterocycles. The van der Waals surface area contributed by atoms with Gasteiger partial charge in [-0.2, -0.15) is 0 Å². The number of likely N-dealkylation sites (tertiary alicyclic amines) is 1. The van der Waals surface area contributed by atoms with Crippen molar-refractivity contribution in [3.8, 4) is 0 Å². The van der Waals surface area contributed by atoms with Gasteiger partial charge in [-0.3, -0.25) is 29.4 Å². The van der Waals surface area contributed by atoms with Gasteiger partial charge in [0.25, 0.3) is 11.8 Å². The number of nitrogens with one attached hydrogen (secondary N) is 2. The molecule has 4 aliphatic rings. The van der Waals surface area contributed by atoms with E-state index in [0.29, 0.717) is 23.7 Å². The number of allylic oxidation sites excluding steroid dienone is 1. The van der Waals surface area contributed by atoms with Crippen molar-refractivity contribution in [1.82, 2.24) is 15.1 Å². The monoisotopic (exact) mass is 490 g/mol. The number of anilines is 1. The fourth-order valence-electron chi connectivity index (χ4n) is 5.74. The second-order valence-corrected chi connectivity index (χ2v) is 10.3. The molecule has 2 N–H and O–H groups in total. The number of amides is 4. The van der Waals surface area contributed by atoms with Gasteiger partial charge in [0.15, 0.2) is 0 Å². The number of hydrogen-bond donors (Lipinski definition) is 2. The van der Waals surface area contributed by atoms with Crippen molar-refractivity contribution in [2.75, 3.05) is 31.5 Å². The fourth-order valence-corrected chi connectivity index (χ4v) is 5.74. The van der Waals surface area contributed by atoms with Gasteiger partial charge in [0.05, 0.1) is 11.1 Å². The van der Waals surface area contributed by atoms with Gasteiger partial charge in [0.1, 0.15) is 6.04 Å². The number of carbonyl (C=O) groups is 4. The Bertz CT molecular complexity index is 1130. The highest BCUT2D eigenvalue weighted by Gasteiger charge is 2.45. The summed E-state index contributed by atoms with van der Waals surface area (Å²) < 4.78 is 0. The summed E-state index contributed by atoms with van der Waals surface area (Å²) in [5, 5.41) is 5.56. The van der Waals surface area contributed by atoms with E-state index in [4.69, 9.17) is 0 Å². The standard InChI is InChI=1S/C28H34N4O4/c1-2-18-12-14-31(15-13-18)17-20-8-6-19(7-9-20)16-29-22-5-3-4-21-25(22)28(36)32(27(21)35)23-10-11-24(33)30-26(23)34/h3-8,18,20,23,29H,2,9-17H2,1H3,(H,30,33,34). The van der Waals surface area contributed by atoms with Gasteiger partial charge in [0, 0.05) is 25.2 Å². The highest BCUT2D eigenvalue weighted by Crippen LogP contribution is 2.32. The third-order valence-corrected chi connectivity index (χ3v) is 7.99. The largest absolute Gasteiger partial charge is 0.380 e. The van der Waals surface area contributed by atoms with Gasteiger partial charge in [0.2, 0.25) is 11.8 Å². The molecule has 0 spiro atoms. The van der Waals surface area contributed by atoms with Crippen LogP contribution in [0.4, 0.5) is 5.69 Å². The van der Waals surface area contributed by atoms with Crippen molar-refractivity contribution in [2.24, 2.45) is 11.8 Å². The first kappa shape index (κ1) is 24.4. The lowest BCUT2D eigenvalue weighted by molar-refractivity contribution is -0.136.